The van der Waals surface area contributed by atoms with E-state index in [2.05, 4.69) is 10.3 Å². The maximum Gasteiger partial charge on any atom is 0.274 e. The molecule has 0 spiro atoms. The maximum absolute atomic E-state index is 14.5. The van der Waals surface area contributed by atoms with Gasteiger partial charge in [-0.1, -0.05) is 31.7 Å². The maximum atomic E-state index is 14.5. The van der Waals surface area contributed by atoms with Crippen LogP contribution in [0.3, 0.4) is 0 Å². The van der Waals surface area contributed by atoms with Crippen LogP contribution < -0.4 is 5.32 Å². The van der Waals surface area contributed by atoms with Crippen LogP contribution in [0.15, 0.2) is 24.4 Å². The number of fused-ring (bicyclic) bond motifs is 2. The Balaban J connectivity index is 1.39. The molecule has 1 aliphatic heterocycles. The van der Waals surface area contributed by atoms with Gasteiger partial charge in [-0.25, -0.2) is 4.98 Å². The van der Waals surface area contributed by atoms with Crippen molar-refractivity contribution in [3.05, 3.63) is 36.0 Å². The normalized spacial score (nSPS) is 31.9. The summed E-state index contributed by atoms with van der Waals surface area (Å²) in [6.45, 7) is 0.771. The number of aromatic nitrogens is 2. The molecule has 1 N–H and O–H groups in total. The quantitative estimate of drug-likeness (QED) is 0.932. The Hall–Kier alpha value is -1.95. The number of rotatable bonds is 3. The van der Waals surface area contributed by atoms with Crippen LogP contribution in [0.1, 0.15) is 42.6 Å². The van der Waals surface area contributed by atoms with Gasteiger partial charge in [0.25, 0.3) is 5.91 Å². The van der Waals surface area contributed by atoms with E-state index in [1.165, 1.54) is 30.1 Å². The first-order chi connectivity index (χ1) is 12.2. The average molecular weight is 343 g/mol. The van der Waals surface area contributed by atoms with Gasteiger partial charge in [-0.15, -0.1) is 0 Å². The largest absolute Gasteiger partial charge is 0.377 e. The minimum Gasteiger partial charge on any atom is -0.377 e. The molecule has 0 unspecified atom stereocenters. The van der Waals surface area contributed by atoms with Gasteiger partial charge in [0.05, 0.1) is 6.10 Å². The van der Waals surface area contributed by atoms with Crippen molar-refractivity contribution in [2.45, 2.75) is 44.2 Å². The zero-order chi connectivity index (χ0) is 17.0. The highest BCUT2D eigenvalue weighted by atomic mass is 19.1. The highest BCUT2D eigenvalue weighted by Gasteiger charge is 2.57. The number of imidazole rings is 1. The molecule has 25 heavy (non-hydrogen) atoms. The van der Waals surface area contributed by atoms with Gasteiger partial charge in [-0.3, -0.25) is 9.20 Å². The fourth-order valence-corrected chi connectivity index (χ4v) is 5.19. The summed E-state index contributed by atoms with van der Waals surface area (Å²) in [5, 5.41) is 3.10. The van der Waals surface area contributed by atoms with Gasteiger partial charge in [0.1, 0.15) is 5.65 Å². The van der Waals surface area contributed by atoms with Crippen molar-refractivity contribution in [3.63, 3.8) is 0 Å². The van der Waals surface area contributed by atoms with Gasteiger partial charge in [0, 0.05) is 30.7 Å². The number of carbonyl (C=O) groups is 1. The molecule has 0 bridgehead atoms. The summed E-state index contributed by atoms with van der Waals surface area (Å²) in [4.78, 5) is 16.9. The van der Waals surface area contributed by atoms with Crippen LogP contribution in [0, 0.1) is 23.7 Å². The summed E-state index contributed by atoms with van der Waals surface area (Å²) in [7, 11) is 0. The first-order valence-corrected chi connectivity index (χ1v) is 9.29. The summed E-state index contributed by atoms with van der Waals surface area (Å²) in [6.07, 6.45) is 7.80. The molecule has 5 rings (SSSR count). The number of carbonyl (C=O) groups excluding carboxylic acids is 1. The predicted molar refractivity (Wildman–Crippen MR) is 89.7 cm³/mol. The number of nitrogens with one attached hydrogen (secondary N) is 1. The zero-order valence-electron chi connectivity index (χ0n) is 14.0. The molecule has 2 aromatic heterocycles. The van der Waals surface area contributed by atoms with Crippen molar-refractivity contribution in [2.75, 3.05) is 6.61 Å². The fourth-order valence-electron chi connectivity index (χ4n) is 5.19. The molecular weight excluding hydrogens is 321 g/mol. The lowest BCUT2D eigenvalue weighted by molar-refractivity contribution is -0.0785. The molecule has 6 heteroatoms. The average Bonchev–Trinajstić information content (AvgIpc) is 3.34. The van der Waals surface area contributed by atoms with E-state index in [1.807, 2.05) is 0 Å². The first kappa shape index (κ1) is 15.3. The second kappa shape index (κ2) is 5.80. The number of pyridine rings is 1. The Labute approximate surface area is 145 Å². The third kappa shape index (κ3) is 2.30. The van der Waals surface area contributed by atoms with Crippen molar-refractivity contribution in [3.8, 4) is 0 Å². The third-order valence-corrected chi connectivity index (χ3v) is 6.37. The second-order valence-electron chi connectivity index (χ2n) is 7.59. The molecule has 5 nitrogen and oxygen atoms in total. The van der Waals surface area contributed by atoms with Crippen molar-refractivity contribution in [2.24, 2.45) is 17.8 Å². The van der Waals surface area contributed by atoms with Gasteiger partial charge >= 0.3 is 0 Å². The van der Waals surface area contributed by atoms with Gasteiger partial charge in [0.2, 0.25) is 5.95 Å². The summed E-state index contributed by atoms with van der Waals surface area (Å²) < 4.78 is 21.8. The molecule has 2 aliphatic carbocycles. The predicted octanol–water partition coefficient (Wildman–Crippen LogP) is 2.80. The molecule has 1 saturated heterocycles. The number of halogens is 1. The number of nitrogens with zero attached hydrogens (tertiary/aromatic N) is 2. The Kier molecular flexibility index (Phi) is 3.55. The molecule has 0 aromatic carbocycles. The van der Waals surface area contributed by atoms with Crippen LogP contribution in [-0.4, -0.2) is 34.0 Å². The van der Waals surface area contributed by atoms with E-state index in [4.69, 9.17) is 4.74 Å². The van der Waals surface area contributed by atoms with E-state index < -0.39 is 11.9 Å². The van der Waals surface area contributed by atoms with Crippen molar-refractivity contribution < 1.29 is 13.9 Å². The van der Waals surface area contributed by atoms with Crippen LogP contribution >= 0.6 is 0 Å². The summed E-state index contributed by atoms with van der Waals surface area (Å²) in [5.74, 6) is 0.368. The van der Waals surface area contributed by atoms with Crippen molar-refractivity contribution >= 4 is 11.6 Å². The number of hydrogen-bond acceptors (Lipinski definition) is 3. The van der Waals surface area contributed by atoms with Crippen LogP contribution in [0.25, 0.3) is 5.65 Å². The molecule has 1 amide bonds. The minimum absolute atomic E-state index is 0.0901. The molecule has 3 fully saturated rings. The van der Waals surface area contributed by atoms with E-state index in [-0.39, 0.29) is 17.8 Å². The number of hydrogen-bond donors (Lipinski definition) is 1. The topological polar surface area (TPSA) is 55.6 Å². The summed E-state index contributed by atoms with van der Waals surface area (Å²) in [6, 6.07) is 5.30. The van der Waals surface area contributed by atoms with Crippen LogP contribution in [0.4, 0.5) is 4.39 Å². The third-order valence-electron chi connectivity index (χ3n) is 6.37. The monoisotopic (exact) mass is 343 g/mol. The molecular formula is C19H22FN3O2. The SMILES string of the molecule is O=C(N[C@H]1[C@H]2CCO[C@H]2[C@H]1C1CCCC1)c1nc2ccccn2c1F. The van der Waals surface area contributed by atoms with Gasteiger partial charge in [-0.2, -0.15) is 4.39 Å². The standard InChI is InChI=1S/C19H22FN3O2/c20-18-16(21-13-7-3-4-9-23(13)18)19(24)22-15-12-8-10-25-17(12)14(15)11-5-1-2-6-11/h3-4,7,9,11-12,14-15,17H,1-2,5-6,8,10H2,(H,22,24)/t12-,14+,15+,17-/m1/s1. The Morgan fingerprint density at radius 2 is 2.12 bits per heavy atom. The molecule has 2 aromatic rings. The number of ether oxygens (including phenoxy) is 1. The van der Waals surface area contributed by atoms with Crippen LogP contribution in [0.5, 0.6) is 0 Å². The van der Waals surface area contributed by atoms with Gasteiger partial charge in [-0.05, 0) is 24.5 Å². The fraction of sp³-hybridized carbons (Fsp3) is 0.579. The highest BCUT2D eigenvalue weighted by molar-refractivity contribution is 5.93. The highest BCUT2D eigenvalue weighted by Crippen LogP contribution is 2.51. The van der Waals surface area contributed by atoms with Crippen LogP contribution in [0.2, 0.25) is 0 Å². The molecule has 0 radical (unpaired) electrons. The smallest absolute Gasteiger partial charge is 0.274 e. The first-order valence-electron chi connectivity index (χ1n) is 9.29. The second-order valence-corrected chi connectivity index (χ2v) is 7.59. The molecule has 2 saturated carbocycles. The molecule has 3 heterocycles. The lowest BCUT2D eigenvalue weighted by Crippen LogP contribution is -2.63. The lowest BCUT2D eigenvalue weighted by Gasteiger charge is -2.50. The van der Waals surface area contributed by atoms with E-state index in [0.717, 1.165) is 13.0 Å². The zero-order valence-corrected chi connectivity index (χ0v) is 14.0. The Morgan fingerprint density at radius 1 is 1.28 bits per heavy atom. The molecule has 3 aliphatic rings. The van der Waals surface area contributed by atoms with E-state index in [9.17, 15) is 9.18 Å². The van der Waals surface area contributed by atoms with E-state index in [1.54, 1.807) is 24.4 Å². The van der Waals surface area contributed by atoms with Gasteiger partial charge < -0.3 is 10.1 Å². The van der Waals surface area contributed by atoms with E-state index in [0.29, 0.717) is 23.4 Å². The number of amides is 1. The van der Waals surface area contributed by atoms with Crippen molar-refractivity contribution in [1.29, 1.82) is 0 Å². The van der Waals surface area contributed by atoms with Crippen LogP contribution in [-0.2, 0) is 4.74 Å². The Bertz CT molecular complexity index is 809. The summed E-state index contributed by atoms with van der Waals surface area (Å²) in [5.41, 5.74) is 0.340. The summed E-state index contributed by atoms with van der Waals surface area (Å²) >= 11 is 0. The molecule has 132 valence electrons. The minimum atomic E-state index is -0.593. The Morgan fingerprint density at radius 3 is 2.92 bits per heavy atom. The lowest BCUT2D eigenvalue weighted by atomic mass is 9.61. The van der Waals surface area contributed by atoms with Gasteiger partial charge in [0.15, 0.2) is 5.69 Å². The van der Waals surface area contributed by atoms with Crippen molar-refractivity contribution in [1.82, 2.24) is 14.7 Å². The molecule has 4 atom stereocenters. The van der Waals surface area contributed by atoms with E-state index >= 15 is 0 Å².